The van der Waals surface area contributed by atoms with Crippen molar-refractivity contribution in [2.24, 2.45) is 0 Å². The van der Waals surface area contributed by atoms with Crippen LogP contribution in [-0.4, -0.2) is 22.0 Å². The van der Waals surface area contributed by atoms with E-state index in [0.29, 0.717) is 12.3 Å². The number of rotatable bonds is 2. The number of imidazole rings is 1. The van der Waals surface area contributed by atoms with Crippen molar-refractivity contribution in [1.29, 1.82) is 0 Å². The molecular formula is C12H14N2O2. The zero-order valence-corrected chi connectivity index (χ0v) is 9.65. The molecule has 0 bridgehead atoms. The number of hydrogen-bond donors (Lipinski definition) is 0. The van der Waals surface area contributed by atoms with Crippen LogP contribution in [0, 0.1) is 13.8 Å². The molecule has 0 aliphatic heterocycles. The van der Waals surface area contributed by atoms with Crippen molar-refractivity contribution < 1.29 is 9.53 Å². The Morgan fingerprint density at radius 1 is 1.38 bits per heavy atom. The molecule has 0 atom stereocenters. The number of pyridine rings is 1. The molecule has 2 heterocycles. The summed E-state index contributed by atoms with van der Waals surface area (Å²) in [4.78, 5) is 15.7. The van der Waals surface area contributed by atoms with Gasteiger partial charge in [0.05, 0.1) is 6.61 Å². The molecule has 2 aromatic heterocycles. The minimum Gasteiger partial charge on any atom is -0.461 e. The van der Waals surface area contributed by atoms with Gasteiger partial charge in [0.15, 0.2) is 5.69 Å². The number of ether oxygens (including phenoxy) is 1. The largest absolute Gasteiger partial charge is 0.461 e. The van der Waals surface area contributed by atoms with Crippen molar-refractivity contribution in [3.05, 3.63) is 35.3 Å². The molecule has 2 rings (SSSR count). The van der Waals surface area contributed by atoms with Crippen LogP contribution in [0.15, 0.2) is 18.5 Å². The van der Waals surface area contributed by atoms with E-state index in [1.54, 1.807) is 13.1 Å². The number of fused-ring (bicyclic) bond motifs is 1. The van der Waals surface area contributed by atoms with Gasteiger partial charge in [-0.05, 0) is 38.0 Å². The fraction of sp³-hybridized carbons (Fsp3) is 0.333. The summed E-state index contributed by atoms with van der Waals surface area (Å²) in [5, 5.41) is 0. The van der Waals surface area contributed by atoms with Crippen LogP contribution < -0.4 is 0 Å². The van der Waals surface area contributed by atoms with Crippen molar-refractivity contribution >= 4 is 11.6 Å². The predicted molar refractivity (Wildman–Crippen MR) is 60.6 cm³/mol. The van der Waals surface area contributed by atoms with E-state index in [1.165, 1.54) is 5.56 Å². The highest BCUT2D eigenvalue weighted by Gasteiger charge is 2.11. The summed E-state index contributed by atoms with van der Waals surface area (Å²) in [6.07, 6.45) is 3.65. The predicted octanol–water partition coefficient (Wildman–Crippen LogP) is 2.13. The Kier molecular flexibility index (Phi) is 2.64. The molecule has 0 amide bonds. The lowest BCUT2D eigenvalue weighted by Crippen LogP contribution is -2.04. The van der Waals surface area contributed by atoms with Crippen molar-refractivity contribution in [1.82, 2.24) is 9.38 Å². The summed E-state index contributed by atoms with van der Waals surface area (Å²) in [6, 6.07) is 1.96. The first-order valence-electron chi connectivity index (χ1n) is 5.25. The topological polar surface area (TPSA) is 43.6 Å². The molecule has 0 aliphatic rings. The number of esters is 1. The van der Waals surface area contributed by atoms with E-state index >= 15 is 0 Å². The summed E-state index contributed by atoms with van der Waals surface area (Å²) in [5.74, 6) is -0.374. The van der Waals surface area contributed by atoms with E-state index in [-0.39, 0.29) is 5.97 Å². The minimum absolute atomic E-state index is 0.354. The third-order valence-corrected chi connectivity index (χ3v) is 2.55. The van der Waals surface area contributed by atoms with E-state index in [4.69, 9.17) is 4.74 Å². The first kappa shape index (κ1) is 10.7. The summed E-state index contributed by atoms with van der Waals surface area (Å²) in [6.45, 7) is 6.19. The van der Waals surface area contributed by atoms with Gasteiger partial charge in [-0.25, -0.2) is 9.78 Å². The summed E-state index contributed by atoms with van der Waals surface area (Å²) in [7, 11) is 0. The van der Waals surface area contributed by atoms with Gasteiger partial charge in [0, 0.05) is 12.4 Å². The highest BCUT2D eigenvalue weighted by Crippen LogP contribution is 2.12. The van der Waals surface area contributed by atoms with Gasteiger partial charge in [-0.15, -0.1) is 0 Å². The normalized spacial score (nSPS) is 10.7. The molecule has 4 heteroatoms. The Morgan fingerprint density at radius 2 is 2.12 bits per heavy atom. The number of aromatic nitrogens is 2. The van der Waals surface area contributed by atoms with E-state index < -0.39 is 0 Å². The van der Waals surface area contributed by atoms with Crippen LogP contribution in [0.4, 0.5) is 0 Å². The van der Waals surface area contributed by atoms with E-state index in [2.05, 4.69) is 4.98 Å². The van der Waals surface area contributed by atoms with Gasteiger partial charge in [-0.3, -0.25) is 0 Å². The number of aryl methyl sites for hydroxylation is 2. The maximum atomic E-state index is 11.5. The average molecular weight is 218 g/mol. The van der Waals surface area contributed by atoms with E-state index in [9.17, 15) is 4.79 Å². The minimum atomic E-state index is -0.374. The van der Waals surface area contributed by atoms with Crippen LogP contribution >= 0.6 is 0 Å². The summed E-state index contributed by atoms with van der Waals surface area (Å²) < 4.78 is 6.75. The standard InChI is InChI=1S/C12H14N2O2/c1-4-16-12(15)10-7-14-6-9(3)8(2)5-11(14)13-10/h5-7H,4H2,1-3H3. The molecule has 0 N–H and O–H groups in total. The Morgan fingerprint density at radius 3 is 2.81 bits per heavy atom. The van der Waals surface area contributed by atoms with Crippen LogP contribution in [0.1, 0.15) is 28.5 Å². The van der Waals surface area contributed by atoms with Crippen molar-refractivity contribution in [3.63, 3.8) is 0 Å². The molecule has 0 aliphatic carbocycles. The van der Waals surface area contributed by atoms with E-state index in [1.807, 2.05) is 30.5 Å². The van der Waals surface area contributed by atoms with Gasteiger partial charge in [-0.2, -0.15) is 0 Å². The number of carbonyl (C=O) groups is 1. The molecule has 16 heavy (non-hydrogen) atoms. The first-order valence-corrected chi connectivity index (χ1v) is 5.25. The molecule has 4 nitrogen and oxygen atoms in total. The molecular weight excluding hydrogens is 204 g/mol. The van der Waals surface area contributed by atoms with Crippen LogP contribution in [0.3, 0.4) is 0 Å². The first-order chi connectivity index (χ1) is 7.61. The lowest BCUT2D eigenvalue weighted by molar-refractivity contribution is 0.0520. The van der Waals surface area contributed by atoms with Crippen LogP contribution in [0.2, 0.25) is 0 Å². The second kappa shape index (κ2) is 3.96. The van der Waals surface area contributed by atoms with Crippen molar-refractivity contribution in [2.45, 2.75) is 20.8 Å². The zero-order chi connectivity index (χ0) is 11.7. The van der Waals surface area contributed by atoms with E-state index in [0.717, 1.165) is 11.2 Å². The molecule has 84 valence electrons. The molecule has 0 fully saturated rings. The number of carbonyl (C=O) groups excluding carboxylic acids is 1. The van der Waals surface area contributed by atoms with Gasteiger partial charge in [-0.1, -0.05) is 0 Å². The third-order valence-electron chi connectivity index (χ3n) is 2.55. The Balaban J connectivity index is 2.48. The summed E-state index contributed by atoms with van der Waals surface area (Å²) >= 11 is 0. The Hall–Kier alpha value is -1.84. The fourth-order valence-electron chi connectivity index (χ4n) is 1.54. The van der Waals surface area contributed by atoms with Crippen LogP contribution in [-0.2, 0) is 4.74 Å². The molecule has 2 aromatic rings. The van der Waals surface area contributed by atoms with Gasteiger partial charge in [0.1, 0.15) is 5.65 Å². The maximum Gasteiger partial charge on any atom is 0.358 e. The van der Waals surface area contributed by atoms with Crippen molar-refractivity contribution in [2.75, 3.05) is 6.61 Å². The molecule has 0 radical (unpaired) electrons. The van der Waals surface area contributed by atoms with Gasteiger partial charge in [0.25, 0.3) is 0 Å². The molecule has 0 spiro atoms. The van der Waals surface area contributed by atoms with Crippen LogP contribution in [0.5, 0.6) is 0 Å². The average Bonchev–Trinajstić information content (AvgIpc) is 2.62. The van der Waals surface area contributed by atoms with Crippen LogP contribution in [0.25, 0.3) is 5.65 Å². The smallest absolute Gasteiger partial charge is 0.358 e. The molecule has 0 saturated carbocycles. The lowest BCUT2D eigenvalue weighted by Gasteiger charge is -1.99. The Bertz CT molecular complexity index is 504. The van der Waals surface area contributed by atoms with Gasteiger partial charge >= 0.3 is 5.97 Å². The molecule has 0 saturated heterocycles. The maximum absolute atomic E-state index is 11.5. The SMILES string of the molecule is CCOC(=O)c1cn2cc(C)c(C)cc2n1. The second-order valence-electron chi connectivity index (χ2n) is 3.75. The third kappa shape index (κ3) is 1.78. The van der Waals surface area contributed by atoms with Gasteiger partial charge in [0.2, 0.25) is 0 Å². The van der Waals surface area contributed by atoms with Gasteiger partial charge < -0.3 is 9.14 Å². The lowest BCUT2D eigenvalue weighted by atomic mass is 10.2. The second-order valence-corrected chi connectivity index (χ2v) is 3.75. The van der Waals surface area contributed by atoms with Crippen molar-refractivity contribution in [3.8, 4) is 0 Å². The molecule has 0 unspecified atom stereocenters. The summed E-state index contributed by atoms with van der Waals surface area (Å²) in [5.41, 5.74) is 3.45. The quantitative estimate of drug-likeness (QED) is 0.725. The zero-order valence-electron chi connectivity index (χ0n) is 9.65. The number of hydrogen-bond acceptors (Lipinski definition) is 3. The molecule has 0 aromatic carbocycles. The number of nitrogens with zero attached hydrogens (tertiary/aromatic N) is 2. The highest BCUT2D eigenvalue weighted by atomic mass is 16.5. The fourth-order valence-corrected chi connectivity index (χ4v) is 1.54. The highest BCUT2D eigenvalue weighted by molar-refractivity contribution is 5.87. The Labute approximate surface area is 93.9 Å². The monoisotopic (exact) mass is 218 g/mol.